The molecule has 11 heteroatoms. The van der Waals surface area contributed by atoms with E-state index in [0.29, 0.717) is 37.7 Å². The van der Waals surface area contributed by atoms with E-state index in [9.17, 15) is 19.7 Å². The SMILES string of the molecule is CCOC(=O)C1=C(C)N=c2s/c(=C/c3ccc(-c4cc([N+](=O)[O-])ccc4C)o3)c(=O)n2[C@H]1c1cccs1. The van der Waals surface area contributed by atoms with Crippen LogP contribution in [0.15, 0.2) is 73.3 Å². The Hall–Kier alpha value is -4.09. The summed E-state index contributed by atoms with van der Waals surface area (Å²) < 4.78 is 13.1. The number of benzene rings is 1. The number of nitro groups is 1. The lowest BCUT2D eigenvalue weighted by atomic mass is 10.0. The molecule has 188 valence electrons. The predicted octanol–water partition coefficient (Wildman–Crippen LogP) is 4.34. The van der Waals surface area contributed by atoms with Crippen LogP contribution >= 0.6 is 22.7 Å². The lowest BCUT2D eigenvalue weighted by molar-refractivity contribution is -0.384. The summed E-state index contributed by atoms with van der Waals surface area (Å²) in [5.41, 5.74) is 1.93. The first-order valence-electron chi connectivity index (χ1n) is 11.4. The number of allylic oxidation sites excluding steroid dienone is 1. The zero-order valence-corrected chi connectivity index (χ0v) is 21.7. The van der Waals surface area contributed by atoms with Gasteiger partial charge >= 0.3 is 5.97 Å². The maximum absolute atomic E-state index is 13.6. The number of carbonyl (C=O) groups is 1. The number of fused-ring (bicyclic) bond motifs is 1. The van der Waals surface area contributed by atoms with Crippen molar-refractivity contribution in [3.63, 3.8) is 0 Å². The van der Waals surface area contributed by atoms with Crippen molar-refractivity contribution in [3.8, 4) is 11.3 Å². The van der Waals surface area contributed by atoms with Crippen molar-refractivity contribution in [2.24, 2.45) is 4.99 Å². The summed E-state index contributed by atoms with van der Waals surface area (Å²) in [5.74, 6) is 0.372. The van der Waals surface area contributed by atoms with Crippen molar-refractivity contribution in [1.29, 1.82) is 0 Å². The molecule has 9 nitrogen and oxygen atoms in total. The first-order valence-corrected chi connectivity index (χ1v) is 13.1. The molecular formula is C26H21N3O6S2. The van der Waals surface area contributed by atoms with Gasteiger partial charge in [0.1, 0.15) is 17.6 Å². The summed E-state index contributed by atoms with van der Waals surface area (Å²) in [7, 11) is 0. The molecule has 0 N–H and O–H groups in total. The van der Waals surface area contributed by atoms with Crippen molar-refractivity contribution < 1.29 is 18.9 Å². The van der Waals surface area contributed by atoms with E-state index < -0.39 is 16.9 Å². The Morgan fingerprint density at radius 2 is 2.08 bits per heavy atom. The number of esters is 1. The molecule has 1 atom stereocenters. The molecule has 37 heavy (non-hydrogen) atoms. The standard InChI is InChI=1S/C26H21N3O6S2/c1-4-34-25(31)22-15(3)27-26-28(23(22)20-6-5-11-36-20)24(30)21(37-26)13-17-9-10-19(35-17)18-12-16(29(32)33)8-7-14(18)2/h5-13,23H,4H2,1-3H3/b21-13+/t23-/m0/s1. The Morgan fingerprint density at radius 1 is 1.27 bits per heavy atom. The molecule has 0 spiro atoms. The zero-order valence-electron chi connectivity index (χ0n) is 20.1. The fourth-order valence-electron chi connectivity index (χ4n) is 4.20. The van der Waals surface area contributed by atoms with Crippen LogP contribution in [0, 0.1) is 17.0 Å². The number of thiazole rings is 1. The number of furan rings is 1. The highest BCUT2D eigenvalue weighted by molar-refractivity contribution is 7.10. The number of rotatable bonds is 6. The second kappa shape index (κ2) is 9.75. The minimum atomic E-state index is -0.642. The van der Waals surface area contributed by atoms with E-state index in [2.05, 4.69) is 4.99 Å². The topological polar surface area (TPSA) is 117 Å². The summed E-state index contributed by atoms with van der Waals surface area (Å²) >= 11 is 2.65. The van der Waals surface area contributed by atoms with Crippen LogP contribution in [0.2, 0.25) is 0 Å². The van der Waals surface area contributed by atoms with Gasteiger partial charge in [-0.15, -0.1) is 11.3 Å². The van der Waals surface area contributed by atoms with Gasteiger partial charge in [0.15, 0.2) is 4.80 Å². The molecule has 0 aliphatic carbocycles. The quantitative estimate of drug-likeness (QED) is 0.206. The first kappa shape index (κ1) is 24.6. The number of hydrogen-bond acceptors (Lipinski definition) is 9. The Morgan fingerprint density at radius 3 is 2.78 bits per heavy atom. The molecule has 0 saturated heterocycles. The summed E-state index contributed by atoms with van der Waals surface area (Å²) in [4.78, 5) is 43.1. The molecule has 4 aromatic rings. The third-order valence-corrected chi connectivity index (χ3v) is 7.83. The molecule has 0 unspecified atom stereocenters. The Kier molecular flexibility index (Phi) is 6.48. The second-order valence-electron chi connectivity index (χ2n) is 8.28. The molecule has 0 fully saturated rings. The minimum absolute atomic E-state index is 0.0341. The van der Waals surface area contributed by atoms with Crippen molar-refractivity contribution in [3.05, 3.63) is 105 Å². The number of carbonyl (C=O) groups excluding carboxylic acids is 1. The van der Waals surface area contributed by atoms with Gasteiger partial charge in [-0.2, -0.15) is 0 Å². The van der Waals surface area contributed by atoms with E-state index in [1.54, 1.807) is 38.1 Å². The molecule has 0 amide bonds. The Bertz CT molecular complexity index is 1740. The van der Waals surface area contributed by atoms with Gasteiger partial charge < -0.3 is 9.15 Å². The van der Waals surface area contributed by atoms with Crippen LogP contribution in [0.4, 0.5) is 5.69 Å². The zero-order chi connectivity index (χ0) is 26.3. The van der Waals surface area contributed by atoms with E-state index in [4.69, 9.17) is 9.15 Å². The van der Waals surface area contributed by atoms with Crippen LogP contribution in [0.3, 0.4) is 0 Å². The number of nitrogens with zero attached hydrogens (tertiary/aromatic N) is 3. The lowest BCUT2D eigenvalue weighted by Crippen LogP contribution is -2.39. The molecule has 1 aromatic carbocycles. The second-order valence-corrected chi connectivity index (χ2v) is 10.3. The van der Waals surface area contributed by atoms with Gasteiger partial charge in [0, 0.05) is 28.6 Å². The highest BCUT2D eigenvalue weighted by atomic mass is 32.1. The van der Waals surface area contributed by atoms with E-state index in [0.717, 1.165) is 10.4 Å². The Balaban J connectivity index is 1.61. The Labute approximate surface area is 218 Å². The van der Waals surface area contributed by atoms with E-state index >= 15 is 0 Å². The van der Waals surface area contributed by atoms with Crippen LogP contribution in [0.5, 0.6) is 0 Å². The molecule has 3 aromatic heterocycles. The maximum Gasteiger partial charge on any atom is 0.338 e. The molecule has 4 heterocycles. The van der Waals surface area contributed by atoms with Crippen molar-refractivity contribution >= 4 is 40.4 Å². The van der Waals surface area contributed by atoms with E-state index in [1.165, 1.54) is 39.4 Å². The van der Waals surface area contributed by atoms with Gasteiger partial charge in [0.2, 0.25) is 0 Å². The van der Waals surface area contributed by atoms with Gasteiger partial charge in [-0.05, 0) is 49.9 Å². The van der Waals surface area contributed by atoms with Crippen LogP contribution in [0.25, 0.3) is 17.4 Å². The first-order chi connectivity index (χ1) is 17.8. The largest absolute Gasteiger partial charge is 0.463 e. The van der Waals surface area contributed by atoms with Gasteiger partial charge in [-0.3, -0.25) is 19.5 Å². The van der Waals surface area contributed by atoms with Crippen molar-refractivity contribution in [1.82, 2.24) is 4.57 Å². The van der Waals surface area contributed by atoms with Crippen molar-refractivity contribution in [2.75, 3.05) is 6.61 Å². The number of aromatic nitrogens is 1. The summed E-state index contributed by atoms with van der Waals surface area (Å²) in [6.45, 7) is 5.52. The third kappa shape index (κ3) is 4.47. The molecule has 0 bridgehead atoms. The average Bonchev–Trinajstić information content (AvgIpc) is 3.61. The molecular weight excluding hydrogens is 514 g/mol. The number of non-ortho nitro benzene ring substituents is 1. The summed E-state index contributed by atoms with van der Waals surface area (Å²) in [5, 5.41) is 13.1. The van der Waals surface area contributed by atoms with E-state index in [1.807, 2.05) is 24.4 Å². The molecule has 1 aliphatic heterocycles. The number of aryl methyl sites for hydroxylation is 1. The monoisotopic (exact) mass is 535 g/mol. The van der Waals surface area contributed by atoms with Crippen LogP contribution in [-0.2, 0) is 9.53 Å². The molecule has 5 rings (SSSR count). The highest BCUT2D eigenvalue weighted by Gasteiger charge is 2.33. The number of ether oxygens (including phenoxy) is 1. The predicted molar refractivity (Wildman–Crippen MR) is 140 cm³/mol. The lowest BCUT2D eigenvalue weighted by Gasteiger charge is -2.23. The van der Waals surface area contributed by atoms with Gasteiger partial charge in [0.25, 0.3) is 11.2 Å². The van der Waals surface area contributed by atoms with Gasteiger partial charge in [0.05, 0.1) is 27.3 Å². The highest BCUT2D eigenvalue weighted by Crippen LogP contribution is 2.33. The number of thiophene rings is 1. The minimum Gasteiger partial charge on any atom is -0.463 e. The number of hydrogen-bond donors (Lipinski definition) is 0. The molecule has 0 radical (unpaired) electrons. The van der Waals surface area contributed by atoms with E-state index in [-0.39, 0.29) is 17.9 Å². The third-order valence-electron chi connectivity index (χ3n) is 5.93. The summed E-state index contributed by atoms with van der Waals surface area (Å²) in [6, 6.07) is 11.1. The average molecular weight is 536 g/mol. The van der Waals surface area contributed by atoms with Gasteiger partial charge in [-0.25, -0.2) is 9.79 Å². The summed E-state index contributed by atoms with van der Waals surface area (Å²) in [6.07, 6.45) is 1.62. The normalized spacial score (nSPS) is 15.4. The molecule has 0 saturated carbocycles. The number of nitro benzene ring substituents is 1. The van der Waals surface area contributed by atoms with Crippen LogP contribution in [0.1, 0.15) is 36.1 Å². The fraction of sp³-hybridized carbons (Fsp3) is 0.192. The molecule has 1 aliphatic rings. The van der Waals surface area contributed by atoms with Gasteiger partial charge in [-0.1, -0.05) is 23.5 Å². The van der Waals surface area contributed by atoms with Crippen molar-refractivity contribution in [2.45, 2.75) is 26.8 Å². The van der Waals surface area contributed by atoms with Crippen LogP contribution in [-0.4, -0.2) is 22.1 Å². The van der Waals surface area contributed by atoms with Crippen LogP contribution < -0.4 is 14.9 Å². The fourth-order valence-corrected chi connectivity index (χ4v) is 6.05. The smallest absolute Gasteiger partial charge is 0.338 e. The maximum atomic E-state index is 13.6.